The second-order valence-corrected chi connectivity index (χ2v) is 4.20. The van der Waals surface area contributed by atoms with Crippen molar-refractivity contribution >= 4 is 40.7 Å². The average Bonchev–Trinajstić information content (AvgIpc) is 2.17. The van der Waals surface area contributed by atoms with Crippen LogP contribution in [-0.2, 0) is 4.79 Å². The molecule has 82 valence electrons. The Morgan fingerprint density at radius 3 is 2.67 bits per heavy atom. The van der Waals surface area contributed by atoms with Crippen LogP contribution in [0.15, 0.2) is 18.2 Å². The van der Waals surface area contributed by atoms with E-state index in [1.54, 1.807) is 18.2 Å². The highest BCUT2D eigenvalue weighted by Gasteiger charge is 2.19. The molecule has 1 N–H and O–H groups in total. The average molecular weight is 267 g/mol. The molecule has 1 unspecified atom stereocenters. The van der Waals surface area contributed by atoms with Gasteiger partial charge in [-0.25, -0.2) is 0 Å². The minimum atomic E-state index is -0.783. The maximum Gasteiger partial charge on any atom is 0.242 e. The smallest absolute Gasteiger partial charge is 0.242 e. The van der Waals surface area contributed by atoms with Gasteiger partial charge in [0.15, 0.2) is 0 Å². The van der Waals surface area contributed by atoms with Gasteiger partial charge in [0.2, 0.25) is 5.91 Å². The van der Waals surface area contributed by atoms with Gasteiger partial charge in [0.05, 0.1) is 0 Å². The van der Waals surface area contributed by atoms with E-state index in [4.69, 9.17) is 34.8 Å². The zero-order valence-electron chi connectivity index (χ0n) is 8.06. The van der Waals surface area contributed by atoms with Crippen molar-refractivity contribution in [3.05, 3.63) is 33.8 Å². The van der Waals surface area contributed by atoms with Gasteiger partial charge < -0.3 is 5.32 Å². The number of rotatable bonds is 3. The predicted molar refractivity (Wildman–Crippen MR) is 63.7 cm³/mol. The Kier molecular flexibility index (Phi) is 4.71. The van der Waals surface area contributed by atoms with Crippen LogP contribution in [0.1, 0.15) is 17.9 Å². The van der Waals surface area contributed by atoms with Gasteiger partial charge in [-0.15, -0.1) is 11.6 Å². The summed E-state index contributed by atoms with van der Waals surface area (Å²) in [5.41, 5.74) is 0.564. The van der Waals surface area contributed by atoms with Crippen molar-refractivity contribution in [1.82, 2.24) is 5.32 Å². The summed E-state index contributed by atoms with van der Waals surface area (Å²) in [5, 5.41) is 2.75. The normalized spacial score (nSPS) is 12.3. The highest BCUT2D eigenvalue weighted by atomic mass is 35.5. The van der Waals surface area contributed by atoms with E-state index in [1.165, 1.54) is 0 Å². The molecule has 2 nitrogen and oxygen atoms in total. The van der Waals surface area contributed by atoms with Crippen LogP contribution in [0, 0.1) is 0 Å². The quantitative estimate of drug-likeness (QED) is 0.835. The van der Waals surface area contributed by atoms with Crippen LogP contribution in [0.5, 0.6) is 0 Å². The number of halogens is 3. The number of amides is 1. The molecule has 0 fully saturated rings. The number of hydrogen-bond acceptors (Lipinski definition) is 1. The third-order valence-corrected chi connectivity index (χ3v) is 2.81. The largest absolute Gasteiger partial charge is 0.355 e. The molecule has 0 aliphatic carbocycles. The molecule has 1 atom stereocenters. The van der Waals surface area contributed by atoms with Gasteiger partial charge in [-0.2, -0.15) is 0 Å². The second kappa shape index (κ2) is 5.59. The molecule has 0 aliphatic heterocycles. The van der Waals surface area contributed by atoms with Crippen molar-refractivity contribution in [2.24, 2.45) is 0 Å². The van der Waals surface area contributed by atoms with Crippen LogP contribution >= 0.6 is 34.8 Å². The van der Waals surface area contributed by atoms with Gasteiger partial charge in [-0.1, -0.05) is 29.3 Å². The van der Waals surface area contributed by atoms with Crippen LogP contribution in [0.3, 0.4) is 0 Å². The van der Waals surface area contributed by atoms with Gasteiger partial charge in [0.1, 0.15) is 5.38 Å². The fourth-order valence-electron chi connectivity index (χ4n) is 1.11. The molecule has 1 amide bonds. The minimum absolute atomic E-state index is 0.261. The predicted octanol–water partition coefficient (Wildman–Crippen LogP) is 3.41. The molecule has 0 radical (unpaired) electrons. The number of benzene rings is 1. The highest BCUT2D eigenvalue weighted by Crippen LogP contribution is 2.30. The number of alkyl halides is 1. The summed E-state index contributed by atoms with van der Waals surface area (Å²) in [7, 11) is 0. The summed E-state index contributed by atoms with van der Waals surface area (Å²) in [5.74, 6) is -0.261. The molecule has 1 aromatic rings. The molecule has 1 aromatic carbocycles. The lowest BCUT2D eigenvalue weighted by Crippen LogP contribution is -2.26. The summed E-state index contributed by atoms with van der Waals surface area (Å²) in [6, 6.07) is 4.86. The Morgan fingerprint density at radius 2 is 2.13 bits per heavy atom. The number of likely N-dealkylation sites (N-methyl/N-ethyl adjacent to an activating group) is 1. The zero-order valence-corrected chi connectivity index (χ0v) is 10.3. The van der Waals surface area contributed by atoms with Crippen LogP contribution in [0.4, 0.5) is 0 Å². The topological polar surface area (TPSA) is 29.1 Å². The van der Waals surface area contributed by atoms with Gasteiger partial charge in [0.25, 0.3) is 0 Å². The van der Waals surface area contributed by atoms with Gasteiger partial charge in [-0.3, -0.25) is 4.79 Å². The lowest BCUT2D eigenvalue weighted by molar-refractivity contribution is -0.120. The SMILES string of the molecule is CCNC(=O)C(Cl)c1ccc(Cl)cc1Cl. The molecule has 0 saturated carbocycles. The summed E-state index contributed by atoms with van der Waals surface area (Å²) < 4.78 is 0. The summed E-state index contributed by atoms with van der Waals surface area (Å²) >= 11 is 17.6. The van der Waals surface area contributed by atoms with E-state index >= 15 is 0 Å². The second-order valence-electron chi connectivity index (χ2n) is 2.92. The van der Waals surface area contributed by atoms with E-state index in [1.807, 2.05) is 6.92 Å². The molecular formula is C10H10Cl3NO. The number of carbonyl (C=O) groups is 1. The summed E-state index contributed by atoms with van der Waals surface area (Å²) in [4.78, 5) is 11.4. The molecule has 0 aromatic heterocycles. The Morgan fingerprint density at radius 1 is 1.47 bits per heavy atom. The molecule has 1 rings (SSSR count). The standard InChI is InChI=1S/C10H10Cl3NO/c1-2-14-10(15)9(13)7-4-3-6(11)5-8(7)12/h3-5,9H,2H2,1H3,(H,14,15). The molecule has 0 heterocycles. The summed E-state index contributed by atoms with van der Waals surface area (Å²) in [6.07, 6.45) is 0. The molecular weight excluding hydrogens is 256 g/mol. The number of hydrogen-bond donors (Lipinski definition) is 1. The maximum absolute atomic E-state index is 11.4. The molecule has 15 heavy (non-hydrogen) atoms. The zero-order chi connectivity index (χ0) is 11.4. The molecule has 0 spiro atoms. The first-order valence-corrected chi connectivity index (χ1v) is 5.62. The first-order valence-electron chi connectivity index (χ1n) is 4.43. The fourth-order valence-corrected chi connectivity index (χ4v) is 1.95. The van der Waals surface area contributed by atoms with Crippen LogP contribution in [0.25, 0.3) is 0 Å². The van der Waals surface area contributed by atoms with Crippen molar-refractivity contribution in [2.75, 3.05) is 6.54 Å². The number of carbonyl (C=O) groups excluding carboxylic acids is 1. The van der Waals surface area contributed by atoms with Crippen molar-refractivity contribution in [1.29, 1.82) is 0 Å². The van der Waals surface area contributed by atoms with Gasteiger partial charge in [0, 0.05) is 16.6 Å². The Hall–Kier alpha value is -0.440. The van der Waals surface area contributed by atoms with Crippen molar-refractivity contribution < 1.29 is 4.79 Å². The van der Waals surface area contributed by atoms with E-state index in [-0.39, 0.29) is 5.91 Å². The van der Waals surface area contributed by atoms with Gasteiger partial charge in [-0.05, 0) is 24.6 Å². The van der Waals surface area contributed by atoms with Crippen LogP contribution < -0.4 is 5.32 Å². The van der Waals surface area contributed by atoms with Crippen LogP contribution in [-0.4, -0.2) is 12.5 Å². The summed E-state index contributed by atoms with van der Waals surface area (Å²) in [6.45, 7) is 2.36. The Bertz CT molecular complexity index is 368. The molecule has 0 saturated heterocycles. The third kappa shape index (κ3) is 3.26. The Balaban J connectivity index is 2.91. The minimum Gasteiger partial charge on any atom is -0.355 e. The van der Waals surface area contributed by atoms with E-state index in [0.717, 1.165) is 0 Å². The first kappa shape index (κ1) is 12.6. The molecule has 0 bridgehead atoms. The van der Waals surface area contributed by atoms with Crippen molar-refractivity contribution in [2.45, 2.75) is 12.3 Å². The number of nitrogens with one attached hydrogen (secondary N) is 1. The van der Waals surface area contributed by atoms with Gasteiger partial charge >= 0.3 is 0 Å². The maximum atomic E-state index is 11.4. The van der Waals surface area contributed by atoms with E-state index in [0.29, 0.717) is 22.2 Å². The molecule has 0 aliphatic rings. The van der Waals surface area contributed by atoms with E-state index in [2.05, 4.69) is 5.32 Å². The highest BCUT2D eigenvalue weighted by molar-refractivity contribution is 6.37. The van der Waals surface area contributed by atoms with E-state index in [9.17, 15) is 4.79 Å². The monoisotopic (exact) mass is 265 g/mol. The lowest BCUT2D eigenvalue weighted by Gasteiger charge is -2.11. The molecule has 5 heteroatoms. The fraction of sp³-hybridized carbons (Fsp3) is 0.300. The Labute approximate surface area is 104 Å². The third-order valence-electron chi connectivity index (χ3n) is 1.82. The van der Waals surface area contributed by atoms with Crippen molar-refractivity contribution in [3.8, 4) is 0 Å². The van der Waals surface area contributed by atoms with Crippen LogP contribution in [0.2, 0.25) is 10.0 Å². The van der Waals surface area contributed by atoms with E-state index < -0.39 is 5.38 Å². The first-order chi connectivity index (χ1) is 7.06. The van der Waals surface area contributed by atoms with Crippen molar-refractivity contribution in [3.63, 3.8) is 0 Å². The lowest BCUT2D eigenvalue weighted by atomic mass is 10.1.